The number of amides is 1. The summed E-state index contributed by atoms with van der Waals surface area (Å²) in [6, 6.07) is 0. The Morgan fingerprint density at radius 3 is 1.88 bits per heavy atom. The minimum atomic E-state index is 0.226. The third-order valence-corrected chi connectivity index (χ3v) is 2.78. The van der Waals surface area contributed by atoms with Gasteiger partial charge < -0.3 is 4.90 Å². The fraction of sp³-hybridized carbons (Fsp3) is 0.929. The maximum absolute atomic E-state index is 11.0. The maximum atomic E-state index is 11.0. The number of carbonyl (C=O) groups is 1. The van der Waals surface area contributed by atoms with Gasteiger partial charge in [0.05, 0.1) is 0 Å². The highest BCUT2D eigenvalue weighted by Crippen LogP contribution is 2.21. The molecular weight excluding hydrogens is 198 g/mol. The van der Waals surface area contributed by atoms with Gasteiger partial charge in [-0.3, -0.25) is 4.79 Å². The van der Waals surface area contributed by atoms with Crippen LogP contribution >= 0.6 is 0 Å². The molecule has 0 saturated carbocycles. The molecule has 0 aliphatic carbocycles. The van der Waals surface area contributed by atoms with Crippen LogP contribution < -0.4 is 0 Å². The van der Waals surface area contributed by atoms with Crippen LogP contribution in [0.3, 0.4) is 0 Å². The summed E-state index contributed by atoms with van der Waals surface area (Å²) < 4.78 is 0. The van der Waals surface area contributed by atoms with Crippen molar-refractivity contribution in [3.05, 3.63) is 0 Å². The SMILES string of the molecule is CC(=O)N1CCC(C)C(C)C1.CC(C)(C)C. The highest BCUT2D eigenvalue weighted by atomic mass is 16.2. The molecule has 96 valence electrons. The van der Waals surface area contributed by atoms with E-state index in [1.54, 1.807) is 6.92 Å². The third kappa shape index (κ3) is 7.72. The molecule has 1 saturated heterocycles. The molecule has 0 radical (unpaired) electrons. The van der Waals surface area contributed by atoms with E-state index >= 15 is 0 Å². The molecule has 16 heavy (non-hydrogen) atoms. The number of piperidine rings is 1. The van der Waals surface area contributed by atoms with Gasteiger partial charge in [-0.2, -0.15) is 0 Å². The van der Waals surface area contributed by atoms with Gasteiger partial charge in [0.15, 0.2) is 0 Å². The van der Waals surface area contributed by atoms with Crippen molar-refractivity contribution in [1.82, 2.24) is 4.90 Å². The van der Waals surface area contributed by atoms with Crippen molar-refractivity contribution in [2.45, 2.75) is 54.9 Å². The predicted molar refractivity (Wildman–Crippen MR) is 70.3 cm³/mol. The Morgan fingerprint density at radius 2 is 1.56 bits per heavy atom. The molecule has 0 aromatic rings. The van der Waals surface area contributed by atoms with Gasteiger partial charge in [-0.15, -0.1) is 0 Å². The minimum Gasteiger partial charge on any atom is -0.343 e. The van der Waals surface area contributed by atoms with Gasteiger partial charge in [0.25, 0.3) is 0 Å². The first-order valence-corrected chi connectivity index (χ1v) is 6.36. The fourth-order valence-electron chi connectivity index (χ4n) is 1.55. The van der Waals surface area contributed by atoms with Crippen LogP contribution in [-0.4, -0.2) is 23.9 Å². The Hall–Kier alpha value is -0.530. The van der Waals surface area contributed by atoms with Gasteiger partial charge in [0.2, 0.25) is 5.91 Å². The summed E-state index contributed by atoms with van der Waals surface area (Å²) in [7, 11) is 0. The molecule has 0 spiro atoms. The van der Waals surface area contributed by atoms with E-state index in [4.69, 9.17) is 0 Å². The average Bonchev–Trinajstić information content (AvgIpc) is 2.06. The highest BCUT2D eigenvalue weighted by Gasteiger charge is 2.23. The minimum absolute atomic E-state index is 0.226. The van der Waals surface area contributed by atoms with Gasteiger partial charge in [-0.05, 0) is 23.7 Å². The zero-order valence-electron chi connectivity index (χ0n) is 12.1. The summed E-state index contributed by atoms with van der Waals surface area (Å²) in [5.41, 5.74) is 0.500. The third-order valence-electron chi connectivity index (χ3n) is 2.78. The molecule has 2 atom stereocenters. The van der Waals surface area contributed by atoms with E-state index in [2.05, 4.69) is 41.5 Å². The molecule has 1 amide bonds. The van der Waals surface area contributed by atoms with Crippen LogP contribution in [0.15, 0.2) is 0 Å². The van der Waals surface area contributed by atoms with Crippen LogP contribution in [0.2, 0.25) is 0 Å². The van der Waals surface area contributed by atoms with Gasteiger partial charge in [0.1, 0.15) is 0 Å². The van der Waals surface area contributed by atoms with E-state index in [1.165, 1.54) is 6.42 Å². The number of nitrogens with zero attached hydrogens (tertiary/aromatic N) is 1. The molecule has 0 N–H and O–H groups in total. The van der Waals surface area contributed by atoms with E-state index in [1.807, 2.05) is 4.90 Å². The van der Waals surface area contributed by atoms with E-state index in [-0.39, 0.29) is 5.91 Å². The van der Waals surface area contributed by atoms with Crippen LogP contribution in [0.25, 0.3) is 0 Å². The van der Waals surface area contributed by atoms with Crippen LogP contribution in [0.5, 0.6) is 0 Å². The Labute approximate surface area is 101 Å². The molecule has 0 aromatic carbocycles. The zero-order chi connectivity index (χ0) is 12.9. The number of likely N-dealkylation sites (tertiary alicyclic amines) is 1. The first-order chi connectivity index (χ1) is 7.11. The van der Waals surface area contributed by atoms with Crippen molar-refractivity contribution >= 4 is 5.91 Å². The fourth-order valence-corrected chi connectivity index (χ4v) is 1.55. The van der Waals surface area contributed by atoms with Gasteiger partial charge in [-0.25, -0.2) is 0 Å². The second kappa shape index (κ2) is 6.27. The van der Waals surface area contributed by atoms with Crippen molar-refractivity contribution < 1.29 is 4.79 Å². The van der Waals surface area contributed by atoms with Crippen LogP contribution in [0.4, 0.5) is 0 Å². The second-order valence-corrected chi connectivity index (χ2v) is 6.71. The number of hydrogen-bond acceptors (Lipinski definition) is 1. The summed E-state index contributed by atoms with van der Waals surface area (Å²) >= 11 is 0. The molecule has 0 aromatic heterocycles. The monoisotopic (exact) mass is 227 g/mol. The average molecular weight is 227 g/mol. The van der Waals surface area contributed by atoms with E-state index in [9.17, 15) is 4.79 Å². The van der Waals surface area contributed by atoms with Gasteiger partial charge >= 0.3 is 0 Å². The van der Waals surface area contributed by atoms with E-state index < -0.39 is 0 Å². The topological polar surface area (TPSA) is 20.3 Å². The smallest absolute Gasteiger partial charge is 0.219 e. The first-order valence-electron chi connectivity index (χ1n) is 6.36. The summed E-state index contributed by atoms with van der Waals surface area (Å²) in [6.45, 7) is 16.8. The van der Waals surface area contributed by atoms with Crippen LogP contribution in [0.1, 0.15) is 54.9 Å². The highest BCUT2D eigenvalue weighted by molar-refractivity contribution is 5.73. The largest absolute Gasteiger partial charge is 0.343 e. The number of hydrogen-bond donors (Lipinski definition) is 0. The van der Waals surface area contributed by atoms with E-state index in [0.29, 0.717) is 11.3 Å². The Bertz CT molecular complexity index is 211. The van der Waals surface area contributed by atoms with Crippen LogP contribution in [0, 0.1) is 17.3 Å². The van der Waals surface area contributed by atoms with Crippen molar-refractivity contribution in [2.24, 2.45) is 17.3 Å². The second-order valence-electron chi connectivity index (χ2n) is 6.71. The molecule has 1 aliphatic rings. The maximum Gasteiger partial charge on any atom is 0.219 e. The lowest BCUT2D eigenvalue weighted by atomic mass is 9.89. The number of carbonyl (C=O) groups excluding carboxylic acids is 1. The Kier molecular flexibility index (Phi) is 6.06. The molecule has 0 bridgehead atoms. The Morgan fingerprint density at radius 1 is 1.12 bits per heavy atom. The Balaban J connectivity index is 0.000000385. The normalized spacial score (nSPS) is 25.8. The van der Waals surface area contributed by atoms with Crippen molar-refractivity contribution in [3.8, 4) is 0 Å². The lowest BCUT2D eigenvalue weighted by molar-refractivity contribution is -0.131. The van der Waals surface area contributed by atoms with E-state index in [0.717, 1.165) is 19.0 Å². The van der Waals surface area contributed by atoms with Crippen LogP contribution in [-0.2, 0) is 4.79 Å². The van der Waals surface area contributed by atoms with Crippen molar-refractivity contribution in [2.75, 3.05) is 13.1 Å². The number of rotatable bonds is 0. The summed E-state index contributed by atoms with van der Waals surface area (Å²) in [5.74, 6) is 1.68. The van der Waals surface area contributed by atoms with Crippen molar-refractivity contribution in [3.63, 3.8) is 0 Å². The molecule has 1 rings (SSSR count). The molecule has 1 aliphatic heterocycles. The molecule has 2 unspecified atom stereocenters. The quantitative estimate of drug-likeness (QED) is 0.619. The van der Waals surface area contributed by atoms with Gasteiger partial charge in [-0.1, -0.05) is 41.5 Å². The standard InChI is InChI=1S/C9H17NO.C5H12/c1-7-4-5-10(9(3)11)6-8(7)2;1-5(2,3)4/h7-8H,4-6H2,1-3H3;1-4H3. The molecule has 1 fully saturated rings. The zero-order valence-corrected chi connectivity index (χ0v) is 12.1. The van der Waals surface area contributed by atoms with Gasteiger partial charge in [0, 0.05) is 20.0 Å². The summed E-state index contributed by atoms with van der Waals surface area (Å²) in [4.78, 5) is 12.9. The molecule has 1 heterocycles. The summed E-state index contributed by atoms with van der Waals surface area (Å²) in [6.07, 6.45) is 1.17. The first kappa shape index (κ1) is 15.5. The summed E-state index contributed by atoms with van der Waals surface area (Å²) in [5, 5.41) is 0. The molecule has 2 nitrogen and oxygen atoms in total. The lowest BCUT2D eigenvalue weighted by Gasteiger charge is -2.34. The lowest BCUT2D eigenvalue weighted by Crippen LogP contribution is -2.40. The predicted octanol–water partition coefficient (Wildman–Crippen LogP) is 3.56. The molecule has 2 heteroatoms. The molecular formula is C14H29NO. The van der Waals surface area contributed by atoms with Crippen molar-refractivity contribution in [1.29, 1.82) is 0 Å².